The summed E-state index contributed by atoms with van der Waals surface area (Å²) in [5, 5.41) is 2.64. The van der Waals surface area contributed by atoms with Gasteiger partial charge in [0.15, 0.2) is 0 Å². The van der Waals surface area contributed by atoms with E-state index in [1.165, 1.54) is 11.8 Å². The van der Waals surface area contributed by atoms with Crippen LogP contribution in [0.1, 0.15) is 6.92 Å². The fourth-order valence-electron chi connectivity index (χ4n) is 1.75. The number of benzene rings is 2. The molecule has 0 aliphatic heterocycles. The van der Waals surface area contributed by atoms with E-state index in [0.717, 1.165) is 16.3 Å². The smallest absolute Gasteiger partial charge is 0.237 e. The van der Waals surface area contributed by atoms with Crippen LogP contribution in [0.5, 0.6) is 5.75 Å². The number of methoxy groups -OCH3 is 1. The van der Waals surface area contributed by atoms with E-state index in [1.54, 1.807) is 7.11 Å². The summed E-state index contributed by atoms with van der Waals surface area (Å²) in [4.78, 5) is 13.1. The molecule has 0 bridgehead atoms. The molecular formula is C16H18N2O2S. The van der Waals surface area contributed by atoms with E-state index in [-0.39, 0.29) is 11.2 Å². The van der Waals surface area contributed by atoms with Crippen molar-refractivity contribution in [3.63, 3.8) is 0 Å². The van der Waals surface area contributed by atoms with E-state index in [9.17, 15) is 4.79 Å². The highest BCUT2D eigenvalue weighted by atomic mass is 32.2. The second-order valence-corrected chi connectivity index (χ2v) is 5.90. The van der Waals surface area contributed by atoms with Gasteiger partial charge in [-0.05, 0) is 43.3 Å². The van der Waals surface area contributed by atoms with Crippen LogP contribution in [-0.2, 0) is 4.79 Å². The summed E-state index contributed by atoms with van der Waals surface area (Å²) < 4.78 is 5.08. The van der Waals surface area contributed by atoms with Crippen molar-refractivity contribution in [2.75, 3.05) is 18.2 Å². The summed E-state index contributed by atoms with van der Waals surface area (Å²) in [6, 6.07) is 14.8. The lowest BCUT2D eigenvalue weighted by Gasteiger charge is -2.13. The van der Waals surface area contributed by atoms with E-state index in [1.807, 2.05) is 55.5 Å². The van der Waals surface area contributed by atoms with Gasteiger partial charge in [-0.3, -0.25) is 4.79 Å². The first-order chi connectivity index (χ1) is 10.1. The highest BCUT2D eigenvalue weighted by Crippen LogP contribution is 2.29. The number of anilines is 2. The first kappa shape index (κ1) is 15.3. The summed E-state index contributed by atoms with van der Waals surface area (Å²) in [6.45, 7) is 1.86. The molecule has 0 heterocycles. The van der Waals surface area contributed by atoms with Crippen molar-refractivity contribution < 1.29 is 9.53 Å². The van der Waals surface area contributed by atoms with Crippen LogP contribution in [0, 0.1) is 0 Å². The van der Waals surface area contributed by atoms with Crippen molar-refractivity contribution in [1.82, 2.24) is 0 Å². The van der Waals surface area contributed by atoms with Crippen LogP contribution in [0.3, 0.4) is 0 Å². The number of para-hydroxylation sites is 1. The zero-order chi connectivity index (χ0) is 15.2. The van der Waals surface area contributed by atoms with Crippen molar-refractivity contribution in [3.05, 3.63) is 48.5 Å². The highest BCUT2D eigenvalue weighted by molar-refractivity contribution is 8.00. The lowest BCUT2D eigenvalue weighted by Crippen LogP contribution is -2.22. The minimum atomic E-state index is -0.239. The summed E-state index contributed by atoms with van der Waals surface area (Å²) in [7, 11) is 1.61. The first-order valence-electron chi connectivity index (χ1n) is 6.56. The molecule has 2 aromatic carbocycles. The number of carbonyl (C=O) groups is 1. The molecule has 0 radical (unpaired) electrons. The Hall–Kier alpha value is -2.14. The molecule has 5 heteroatoms. The zero-order valence-corrected chi connectivity index (χ0v) is 12.8. The molecular weight excluding hydrogens is 284 g/mol. The van der Waals surface area contributed by atoms with Gasteiger partial charge in [0.2, 0.25) is 5.91 Å². The molecule has 110 valence electrons. The second-order valence-electron chi connectivity index (χ2n) is 4.52. The molecule has 0 aliphatic carbocycles. The van der Waals surface area contributed by atoms with Gasteiger partial charge in [-0.2, -0.15) is 0 Å². The normalized spacial score (nSPS) is 11.7. The van der Waals surface area contributed by atoms with Crippen LogP contribution >= 0.6 is 11.8 Å². The van der Waals surface area contributed by atoms with Crippen LogP contribution < -0.4 is 15.8 Å². The van der Waals surface area contributed by atoms with Crippen molar-refractivity contribution in [2.45, 2.75) is 17.1 Å². The lowest BCUT2D eigenvalue weighted by molar-refractivity contribution is -0.115. The molecule has 1 amide bonds. The molecule has 2 aromatic rings. The van der Waals surface area contributed by atoms with Crippen LogP contribution in [0.25, 0.3) is 0 Å². The van der Waals surface area contributed by atoms with Crippen LogP contribution in [0.4, 0.5) is 11.4 Å². The second kappa shape index (κ2) is 7.04. The third-order valence-corrected chi connectivity index (χ3v) is 4.14. The van der Waals surface area contributed by atoms with Crippen molar-refractivity contribution in [2.24, 2.45) is 0 Å². The topological polar surface area (TPSA) is 64.3 Å². The SMILES string of the molecule is COc1ccc(NC(=O)[C@@H](C)Sc2ccccc2N)cc1. The molecule has 21 heavy (non-hydrogen) atoms. The molecule has 0 saturated heterocycles. The van der Waals surface area contributed by atoms with Crippen LogP contribution in [-0.4, -0.2) is 18.3 Å². The van der Waals surface area contributed by atoms with Gasteiger partial charge < -0.3 is 15.8 Å². The van der Waals surface area contributed by atoms with Gasteiger partial charge in [-0.15, -0.1) is 11.8 Å². The zero-order valence-electron chi connectivity index (χ0n) is 12.0. The van der Waals surface area contributed by atoms with E-state index >= 15 is 0 Å². The fraction of sp³-hybridized carbons (Fsp3) is 0.188. The number of nitrogens with one attached hydrogen (secondary N) is 1. The summed E-state index contributed by atoms with van der Waals surface area (Å²) in [5.41, 5.74) is 7.32. The van der Waals surface area contributed by atoms with E-state index in [4.69, 9.17) is 10.5 Å². The summed E-state index contributed by atoms with van der Waals surface area (Å²) in [5.74, 6) is 0.695. The Bertz CT molecular complexity index is 614. The Kier molecular flexibility index (Phi) is 5.11. The highest BCUT2D eigenvalue weighted by Gasteiger charge is 2.15. The third-order valence-electron chi connectivity index (χ3n) is 2.95. The number of rotatable bonds is 5. The number of amides is 1. The number of nitrogens with two attached hydrogens (primary N) is 1. The Morgan fingerprint density at radius 1 is 1.19 bits per heavy atom. The molecule has 0 spiro atoms. The maximum atomic E-state index is 12.2. The lowest BCUT2D eigenvalue weighted by atomic mass is 10.3. The molecule has 4 nitrogen and oxygen atoms in total. The number of nitrogen functional groups attached to an aromatic ring is 1. The molecule has 1 atom stereocenters. The number of carbonyl (C=O) groups excluding carboxylic acids is 1. The predicted octanol–water partition coefficient (Wildman–Crippen LogP) is 3.40. The quantitative estimate of drug-likeness (QED) is 0.656. The van der Waals surface area contributed by atoms with Gasteiger partial charge in [0.25, 0.3) is 0 Å². The number of thioether (sulfide) groups is 1. The summed E-state index contributed by atoms with van der Waals surface area (Å²) in [6.07, 6.45) is 0. The van der Waals surface area contributed by atoms with Crippen LogP contribution in [0.2, 0.25) is 0 Å². The number of hydrogen-bond acceptors (Lipinski definition) is 4. The van der Waals surface area contributed by atoms with Gasteiger partial charge in [-0.1, -0.05) is 12.1 Å². The van der Waals surface area contributed by atoms with Gasteiger partial charge in [0.1, 0.15) is 5.75 Å². The molecule has 0 aliphatic rings. The van der Waals surface area contributed by atoms with Crippen LogP contribution in [0.15, 0.2) is 53.4 Å². The Morgan fingerprint density at radius 2 is 1.86 bits per heavy atom. The largest absolute Gasteiger partial charge is 0.497 e. The van der Waals surface area contributed by atoms with E-state index < -0.39 is 0 Å². The Labute approximate surface area is 128 Å². The van der Waals surface area contributed by atoms with Gasteiger partial charge in [0, 0.05) is 16.3 Å². The average Bonchev–Trinajstić information content (AvgIpc) is 2.50. The fourth-order valence-corrected chi connectivity index (χ4v) is 2.66. The van der Waals surface area contributed by atoms with E-state index in [2.05, 4.69) is 5.32 Å². The van der Waals surface area contributed by atoms with Gasteiger partial charge in [0.05, 0.1) is 12.4 Å². The van der Waals surface area contributed by atoms with Crippen molar-refractivity contribution >= 4 is 29.0 Å². The van der Waals surface area contributed by atoms with E-state index in [0.29, 0.717) is 5.69 Å². The molecule has 0 aromatic heterocycles. The first-order valence-corrected chi connectivity index (χ1v) is 7.44. The molecule has 0 unspecified atom stereocenters. The van der Waals surface area contributed by atoms with Crippen molar-refractivity contribution in [1.29, 1.82) is 0 Å². The molecule has 0 fully saturated rings. The minimum absolute atomic E-state index is 0.0616. The average molecular weight is 302 g/mol. The van der Waals surface area contributed by atoms with Gasteiger partial charge in [-0.25, -0.2) is 0 Å². The van der Waals surface area contributed by atoms with Gasteiger partial charge >= 0.3 is 0 Å². The Balaban J connectivity index is 1.97. The molecule has 2 rings (SSSR count). The standard InChI is InChI=1S/C16H18N2O2S/c1-11(21-15-6-4-3-5-14(15)17)16(19)18-12-7-9-13(20-2)10-8-12/h3-11H,17H2,1-2H3,(H,18,19)/t11-/m1/s1. The maximum Gasteiger partial charge on any atom is 0.237 e. The Morgan fingerprint density at radius 3 is 2.48 bits per heavy atom. The molecule has 0 saturated carbocycles. The predicted molar refractivity (Wildman–Crippen MR) is 87.8 cm³/mol. The maximum absolute atomic E-state index is 12.2. The number of ether oxygens (including phenoxy) is 1. The monoisotopic (exact) mass is 302 g/mol. The van der Waals surface area contributed by atoms with Crippen molar-refractivity contribution in [3.8, 4) is 5.75 Å². The minimum Gasteiger partial charge on any atom is -0.497 e. The number of hydrogen-bond donors (Lipinski definition) is 2. The summed E-state index contributed by atoms with van der Waals surface area (Å²) >= 11 is 1.44. The molecule has 3 N–H and O–H groups in total. The third kappa shape index (κ3) is 4.16.